The molecule has 0 unspecified atom stereocenters. The molecule has 0 amide bonds. The van der Waals surface area contributed by atoms with Gasteiger partial charge in [-0.15, -0.1) is 24.9 Å². The van der Waals surface area contributed by atoms with Gasteiger partial charge in [0.15, 0.2) is 0 Å². The van der Waals surface area contributed by atoms with Crippen molar-refractivity contribution in [2.75, 3.05) is 31.3 Å². The summed E-state index contributed by atoms with van der Waals surface area (Å²) in [7, 11) is 0. The molecule has 0 saturated carbocycles. The number of ether oxygens (including phenoxy) is 2. The summed E-state index contributed by atoms with van der Waals surface area (Å²) in [6.45, 7) is -1.18. The zero-order valence-corrected chi connectivity index (χ0v) is 15.5. The van der Waals surface area contributed by atoms with E-state index in [1.165, 1.54) is 18.3 Å². The second-order valence-corrected chi connectivity index (χ2v) is 6.33. The van der Waals surface area contributed by atoms with E-state index < -0.39 is 13.0 Å². The van der Waals surface area contributed by atoms with Crippen LogP contribution in [0.3, 0.4) is 0 Å². The van der Waals surface area contributed by atoms with Crippen molar-refractivity contribution < 1.29 is 27.8 Å². The molecule has 0 aromatic carbocycles. The van der Waals surface area contributed by atoms with Crippen LogP contribution in [-0.4, -0.2) is 47.0 Å². The van der Waals surface area contributed by atoms with Crippen molar-refractivity contribution in [2.45, 2.75) is 11.4 Å². The van der Waals surface area contributed by atoms with Gasteiger partial charge in [-0.2, -0.15) is 10.5 Å². The first kappa shape index (κ1) is 22.2. The summed E-state index contributed by atoms with van der Waals surface area (Å²) >= 11 is 1.10. The standard InChI is InChI=1S/C17H14F3N5O3S/c18-17(19,20)28-5-4-27-10-1-2-13(24-9-10)14-11(7-21)15(23)25-16(12(14)8-22)29-6-3-26/h1-2,9,26H,3-6H2,(H2,23,25). The number of nitrogens with two attached hydrogens (primary N) is 1. The summed E-state index contributed by atoms with van der Waals surface area (Å²) in [6, 6.07) is 6.74. The minimum absolute atomic E-state index is 0.0327. The van der Waals surface area contributed by atoms with Crippen LogP contribution in [-0.2, 0) is 4.74 Å². The van der Waals surface area contributed by atoms with Gasteiger partial charge in [0, 0.05) is 11.3 Å². The van der Waals surface area contributed by atoms with Gasteiger partial charge < -0.3 is 15.6 Å². The molecule has 0 aliphatic rings. The average Bonchev–Trinajstić information content (AvgIpc) is 2.68. The second kappa shape index (κ2) is 9.93. The molecule has 0 atom stereocenters. The van der Waals surface area contributed by atoms with Crippen molar-refractivity contribution in [1.29, 1.82) is 10.5 Å². The first-order valence-corrected chi connectivity index (χ1v) is 8.96. The molecule has 0 saturated heterocycles. The van der Waals surface area contributed by atoms with E-state index in [-0.39, 0.29) is 57.9 Å². The fraction of sp³-hybridized carbons (Fsp3) is 0.294. The zero-order valence-electron chi connectivity index (χ0n) is 14.7. The van der Waals surface area contributed by atoms with Gasteiger partial charge in [-0.1, -0.05) is 0 Å². The van der Waals surface area contributed by atoms with Crippen LogP contribution in [0.2, 0.25) is 0 Å². The number of anilines is 1. The largest absolute Gasteiger partial charge is 0.522 e. The van der Waals surface area contributed by atoms with E-state index in [9.17, 15) is 23.7 Å². The van der Waals surface area contributed by atoms with Crippen LogP contribution >= 0.6 is 11.8 Å². The maximum atomic E-state index is 11.9. The third-order valence-electron chi connectivity index (χ3n) is 3.36. The second-order valence-electron chi connectivity index (χ2n) is 5.24. The number of pyridine rings is 2. The summed E-state index contributed by atoms with van der Waals surface area (Å²) in [5.41, 5.74) is 6.29. The summed E-state index contributed by atoms with van der Waals surface area (Å²) in [5.74, 6) is 0.356. The Bertz CT molecular complexity index is 940. The predicted octanol–water partition coefficient (Wildman–Crippen LogP) is 2.47. The lowest BCUT2D eigenvalue weighted by Crippen LogP contribution is -2.18. The average molecular weight is 425 g/mol. The van der Waals surface area contributed by atoms with E-state index in [0.717, 1.165) is 11.8 Å². The van der Waals surface area contributed by atoms with Crippen molar-refractivity contribution in [3.8, 4) is 29.1 Å². The number of nitrogen functional groups attached to an aromatic ring is 1. The van der Waals surface area contributed by atoms with Crippen LogP contribution < -0.4 is 10.5 Å². The Morgan fingerprint density at radius 2 is 1.90 bits per heavy atom. The van der Waals surface area contributed by atoms with Crippen molar-refractivity contribution in [2.24, 2.45) is 0 Å². The molecule has 0 spiro atoms. The van der Waals surface area contributed by atoms with Crippen LogP contribution in [0.1, 0.15) is 11.1 Å². The number of alkyl halides is 3. The first-order chi connectivity index (χ1) is 13.8. The maximum absolute atomic E-state index is 11.9. The smallest absolute Gasteiger partial charge is 0.490 e. The van der Waals surface area contributed by atoms with Gasteiger partial charge in [0.2, 0.25) is 0 Å². The highest BCUT2D eigenvalue weighted by atomic mass is 32.2. The van der Waals surface area contributed by atoms with Gasteiger partial charge in [-0.25, -0.2) is 4.98 Å². The van der Waals surface area contributed by atoms with Crippen molar-refractivity contribution >= 4 is 17.6 Å². The molecule has 2 rings (SSSR count). The fourth-order valence-corrected chi connectivity index (χ4v) is 2.97. The van der Waals surface area contributed by atoms with Crippen molar-refractivity contribution in [1.82, 2.24) is 9.97 Å². The maximum Gasteiger partial charge on any atom is 0.522 e. The lowest BCUT2D eigenvalue weighted by atomic mass is 10.0. The van der Waals surface area contributed by atoms with E-state index >= 15 is 0 Å². The molecule has 12 heteroatoms. The third-order valence-corrected chi connectivity index (χ3v) is 4.31. The van der Waals surface area contributed by atoms with Crippen LogP contribution in [0.25, 0.3) is 11.3 Å². The molecule has 0 aliphatic carbocycles. The lowest BCUT2D eigenvalue weighted by Gasteiger charge is -2.13. The Balaban J connectivity index is 2.30. The number of nitriles is 2. The molecule has 0 fully saturated rings. The Labute approximate surface area is 167 Å². The van der Waals surface area contributed by atoms with E-state index in [2.05, 4.69) is 14.7 Å². The molecule has 0 bridgehead atoms. The topological polar surface area (TPSA) is 138 Å². The van der Waals surface area contributed by atoms with Gasteiger partial charge in [-0.3, -0.25) is 9.72 Å². The highest BCUT2D eigenvalue weighted by molar-refractivity contribution is 7.99. The quantitative estimate of drug-likeness (QED) is 0.482. The molecule has 152 valence electrons. The molecule has 0 aliphatic heterocycles. The van der Waals surface area contributed by atoms with E-state index in [1.54, 1.807) is 0 Å². The number of aromatic nitrogens is 2. The van der Waals surface area contributed by atoms with Gasteiger partial charge in [0.05, 0.1) is 30.7 Å². The first-order valence-electron chi connectivity index (χ1n) is 7.98. The highest BCUT2D eigenvalue weighted by Crippen LogP contribution is 2.35. The zero-order chi connectivity index (χ0) is 21.4. The van der Waals surface area contributed by atoms with Crippen LogP contribution in [0.4, 0.5) is 19.0 Å². The Morgan fingerprint density at radius 3 is 2.45 bits per heavy atom. The van der Waals surface area contributed by atoms with E-state index in [4.69, 9.17) is 15.6 Å². The minimum Gasteiger partial charge on any atom is -0.490 e. The molecule has 0 radical (unpaired) electrons. The summed E-state index contributed by atoms with van der Waals surface area (Å²) in [5, 5.41) is 28.2. The SMILES string of the molecule is N#Cc1c(N)nc(SCCO)c(C#N)c1-c1ccc(OCCOC(F)(F)F)cn1. The summed E-state index contributed by atoms with van der Waals surface area (Å²) in [4.78, 5) is 8.18. The predicted molar refractivity (Wildman–Crippen MR) is 96.6 cm³/mol. The number of nitrogens with zero attached hydrogens (tertiary/aromatic N) is 4. The number of hydrogen-bond acceptors (Lipinski definition) is 9. The van der Waals surface area contributed by atoms with E-state index in [1.807, 2.05) is 12.1 Å². The van der Waals surface area contributed by atoms with Crippen LogP contribution in [0, 0.1) is 22.7 Å². The Kier molecular flexibility index (Phi) is 7.61. The van der Waals surface area contributed by atoms with Crippen molar-refractivity contribution in [3.63, 3.8) is 0 Å². The number of aliphatic hydroxyl groups excluding tert-OH is 1. The number of rotatable bonds is 8. The van der Waals surface area contributed by atoms with Crippen LogP contribution in [0.5, 0.6) is 5.75 Å². The highest BCUT2D eigenvalue weighted by Gasteiger charge is 2.28. The molecular formula is C17H14F3N5O3S. The van der Waals surface area contributed by atoms with Crippen molar-refractivity contribution in [3.05, 3.63) is 29.5 Å². The van der Waals surface area contributed by atoms with E-state index in [0.29, 0.717) is 0 Å². The molecular weight excluding hydrogens is 411 g/mol. The van der Waals surface area contributed by atoms with Gasteiger partial charge in [-0.05, 0) is 12.1 Å². The third kappa shape index (κ3) is 5.96. The van der Waals surface area contributed by atoms with Crippen LogP contribution in [0.15, 0.2) is 23.4 Å². The van der Waals surface area contributed by atoms with Gasteiger partial charge in [0.1, 0.15) is 40.9 Å². The normalized spacial score (nSPS) is 11.0. The molecule has 29 heavy (non-hydrogen) atoms. The Hall–Kier alpha value is -3.06. The number of aliphatic hydroxyl groups is 1. The van der Waals surface area contributed by atoms with Gasteiger partial charge >= 0.3 is 6.36 Å². The summed E-state index contributed by atoms with van der Waals surface area (Å²) in [6.07, 6.45) is -3.50. The monoisotopic (exact) mass is 425 g/mol. The number of hydrogen-bond donors (Lipinski definition) is 2. The minimum atomic E-state index is -4.74. The molecule has 3 N–H and O–H groups in total. The molecule has 2 heterocycles. The Morgan fingerprint density at radius 1 is 1.17 bits per heavy atom. The summed E-state index contributed by atoms with van der Waals surface area (Å²) < 4.78 is 44.5. The number of thioether (sulfide) groups is 1. The fourth-order valence-electron chi connectivity index (χ4n) is 2.23. The lowest BCUT2D eigenvalue weighted by molar-refractivity contribution is -0.325. The molecule has 2 aromatic rings. The number of halogens is 3. The molecule has 2 aromatic heterocycles. The van der Waals surface area contributed by atoms with Gasteiger partial charge in [0.25, 0.3) is 0 Å². The molecule has 8 nitrogen and oxygen atoms in total.